The van der Waals surface area contributed by atoms with Crippen molar-refractivity contribution in [3.05, 3.63) is 23.0 Å². The van der Waals surface area contributed by atoms with Gasteiger partial charge in [-0.1, -0.05) is 19.8 Å². The van der Waals surface area contributed by atoms with Crippen molar-refractivity contribution in [2.45, 2.75) is 46.5 Å². The minimum atomic E-state index is 1.24. The Kier molecular flexibility index (Phi) is 3.39. The Bertz CT molecular complexity index is 235. The summed E-state index contributed by atoms with van der Waals surface area (Å²) in [6.07, 6.45) is 5.23. The van der Waals surface area contributed by atoms with Crippen LogP contribution in [0.1, 0.15) is 43.1 Å². The van der Waals surface area contributed by atoms with Gasteiger partial charge in [-0.15, -0.1) is 0 Å². The standard InChI is InChI=1S/C11H19N/c1-4-5-6-7-11-8-9(2)12-10(11)3/h8,12H,4-7H2,1-3H3. The molecule has 68 valence electrons. The number of H-pyrrole nitrogens is 1. The average Bonchev–Trinajstić information content (AvgIpc) is 2.31. The lowest BCUT2D eigenvalue weighted by Gasteiger charge is -1.97. The summed E-state index contributed by atoms with van der Waals surface area (Å²) < 4.78 is 0. The third-order valence-electron chi connectivity index (χ3n) is 2.31. The van der Waals surface area contributed by atoms with E-state index in [1.807, 2.05) is 0 Å². The van der Waals surface area contributed by atoms with E-state index in [0.29, 0.717) is 0 Å². The van der Waals surface area contributed by atoms with Crippen LogP contribution in [0.4, 0.5) is 0 Å². The summed E-state index contributed by atoms with van der Waals surface area (Å²) in [5, 5.41) is 0. The summed E-state index contributed by atoms with van der Waals surface area (Å²) in [5.74, 6) is 0. The highest BCUT2D eigenvalue weighted by atomic mass is 14.7. The van der Waals surface area contributed by atoms with E-state index >= 15 is 0 Å². The van der Waals surface area contributed by atoms with E-state index in [4.69, 9.17) is 0 Å². The Hall–Kier alpha value is -0.720. The minimum absolute atomic E-state index is 1.24. The number of aryl methyl sites for hydroxylation is 3. The van der Waals surface area contributed by atoms with Gasteiger partial charge in [-0.3, -0.25) is 0 Å². The number of unbranched alkanes of at least 4 members (excludes halogenated alkanes) is 2. The number of nitrogens with one attached hydrogen (secondary N) is 1. The number of hydrogen-bond acceptors (Lipinski definition) is 0. The summed E-state index contributed by atoms with van der Waals surface area (Å²) >= 11 is 0. The fraction of sp³-hybridized carbons (Fsp3) is 0.636. The number of rotatable bonds is 4. The smallest absolute Gasteiger partial charge is 0.0150 e. The van der Waals surface area contributed by atoms with Crippen molar-refractivity contribution in [3.8, 4) is 0 Å². The summed E-state index contributed by atoms with van der Waals surface area (Å²) in [4.78, 5) is 3.33. The van der Waals surface area contributed by atoms with E-state index in [2.05, 4.69) is 31.8 Å². The Labute approximate surface area is 75.2 Å². The lowest BCUT2D eigenvalue weighted by Crippen LogP contribution is -1.85. The van der Waals surface area contributed by atoms with Gasteiger partial charge >= 0.3 is 0 Å². The number of hydrogen-bond donors (Lipinski definition) is 1. The molecule has 1 heterocycles. The molecule has 0 spiro atoms. The molecule has 1 nitrogen and oxygen atoms in total. The molecule has 0 unspecified atom stereocenters. The van der Waals surface area contributed by atoms with E-state index in [-0.39, 0.29) is 0 Å². The Balaban J connectivity index is 2.45. The lowest BCUT2D eigenvalue weighted by molar-refractivity contribution is 0.715. The molecule has 0 fully saturated rings. The van der Waals surface area contributed by atoms with E-state index in [0.717, 1.165) is 0 Å². The van der Waals surface area contributed by atoms with Crippen molar-refractivity contribution >= 4 is 0 Å². The van der Waals surface area contributed by atoms with Crippen LogP contribution in [0.5, 0.6) is 0 Å². The molecule has 1 aromatic heterocycles. The van der Waals surface area contributed by atoms with Crippen molar-refractivity contribution in [2.24, 2.45) is 0 Å². The van der Waals surface area contributed by atoms with Crippen LogP contribution in [0.3, 0.4) is 0 Å². The van der Waals surface area contributed by atoms with Crippen LogP contribution < -0.4 is 0 Å². The van der Waals surface area contributed by atoms with Crippen LogP contribution in [0, 0.1) is 13.8 Å². The third kappa shape index (κ3) is 2.40. The van der Waals surface area contributed by atoms with Crippen LogP contribution >= 0.6 is 0 Å². The first-order chi connectivity index (χ1) is 5.74. The summed E-state index contributed by atoms with van der Waals surface area (Å²) in [5.41, 5.74) is 4.14. The summed E-state index contributed by atoms with van der Waals surface area (Å²) in [6.45, 7) is 6.53. The van der Waals surface area contributed by atoms with Gasteiger partial charge in [0, 0.05) is 11.4 Å². The lowest BCUT2D eigenvalue weighted by atomic mass is 10.1. The second kappa shape index (κ2) is 4.34. The van der Waals surface area contributed by atoms with Crippen molar-refractivity contribution in [1.29, 1.82) is 0 Å². The van der Waals surface area contributed by atoms with Gasteiger partial charge in [0.05, 0.1) is 0 Å². The van der Waals surface area contributed by atoms with Gasteiger partial charge in [0.25, 0.3) is 0 Å². The van der Waals surface area contributed by atoms with Gasteiger partial charge in [-0.2, -0.15) is 0 Å². The zero-order chi connectivity index (χ0) is 8.97. The van der Waals surface area contributed by atoms with E-state index in [9.17, 15) is 0 Å². The summed E-state index contributed by atoms with van der Waals surface area (Å²) in [7, 11) is 0. The maximum atomic E-state index is 3.33. The zero-order valence-corrected chi connectivity index (χ0v) is 8.41. The Morgan fingerprint density at radius 3 is 2.50 bits per heavy atom. The highest BCUT2D eigenvalue weighted by Crippen LogP contribution is 2.12. The van der Waals surface area contributed by atoms with Crippen molar-refractivity contribution in [1.82, 2.24) is 4.98 Å². The third-order valence-corrected chi connectivity index (χ3v) is 2.31. The van der Waals surface area contributed by atoms with E-state index in [1.165, 1.54) is 42.6 Å². The van der Waals surface area contributed by atoms with Crippen molar-refractivity contribution in [2.75, 3.05) is 0 Å². The van der Waals surface area contributed by atoms with Gasteiger partial charge in [0.2, 0.25) is 0 Å². The molecule has 0 bridgehead atoms. The minimum Gasteiger partial charge on any atom is -0.362 e. The zero-order valence-electron chi connectivity index (χ0n) is 8.41. The summed E-state index contributed by atoms with van der Waals surface area (Å²) in [6, 6.07) is 2.27. The molecule has 0 aromatic carbocycles. The maximum absolute atomic E-state index is 3.33. The molecule has 0 saturated carbocycles. The predicted molar refractivity (Wildman–Crippen MR) is 53.5 cm³/mol. The molecule has 0 aliphatic heterocycles. The second-order valence-corrected chi connectivity index (χ2v) is 3.56. The molecule has 1 N–H and O–H groups in total. The van der Waals surface area contributed by atoms with Crippen molar-refractivity contribution < 1.29 is 0 Å². The van der Waals surface area contributed by atoms with E-state index < -0.39 is 0 Å². The highest BCUT2D eigenvalue weighted by Gasteiger charge is 2.00. The molecule has 0 saturated heterocycles. The maximum Gasteiger partial charge on any atom is 0.0150 e. The van der Waals surface area contributed by atoms with Crippen LogP contribution in [0.25, 0.3) is 0 Å². The van der Waals surface area contributed by atoms with Gasteiger partial charge in [-0.25, -0.2) is 0 Å². The average molecular weight is 165 g/mol. The number of aromatic nitrogens is 1. The molecular weight excluding hydrogens is 146 g/mol. The first-order valence-electron chi connectivity index (χ1n) is 4.89. The number of aromatic amines is 1. The van der Waals surface area contributed by atoms with E-state index in [1.54, 1.807) is 0 Å². The molecule has 0 atom stereocenters. The van der Waals surface area contributed by atoms with Crippen LogP contribution in [-0.4, -0.2) is 4.98 Å². The fourth-order valence-electron chi connectivity index (χ4n) is 1.61. The van der Waals surface area contributed by atoms with Crippen LogP contribution in [0.2, 0.25) is 0 Å². The topological polar surface area (TPSA) is 15.8 Å². The monoisotopic (exact) mass is 165 g/mol. The second-order valence-electron chi connectivity index (χ2n) is 3.56. The molecule has 12 heavy (non-hydrogen) atoms. The van der Waals surface area contributed by atoms with Gasteiger partial charge < -0.3 is 4.98 Å². The van der Waals surface area contributed by atoms with Gasteiger partial charge in [0.15, 0.2) is 0 Å². The Morgan fingerprint density at radius 2 is 2.00 bits per heavy atom. The molecule has 1 rings (SSSR count). The fourth-order valence-corrected chi connectivity index (χ4v) is 1.61. The first-order valence-corrected chi connectivity index (χ1v) is 4.89. The molecule has 0 aliphatic rings. The van der Waals surface area contributed by atoms with Crippen LogP contribution in [0.15, 0.2) is 6.07 Å². The first kappa shape index (κ1) is 9.37. The quantitative estimate of drug-likeness (QED) is 0.658. The van der Waals surface area contributed by atoms with Gasteiger partial charge in [0.1, 0.15) is 0 Å². The predicted octanol–water partition coefficient (Wildman–Crippen LogP) is 3.36. The molecule has 1 heteroatoms. The molecule has 0 amide bonds. The molecule has 0 aliphatic carbocycles. The normalized spacial score (nSPS) is 10.6. The van der Waals surface area contributed by atoms with Crippen LogP contribution in [-0.2, 0) is 6.42 Å². The van der Waals surface area contributed by atoms with Crippen molar-refractivity contribution in [3.63, 3.8) is 0 Å². The largest absolute Gasteiger partial charge is 0.362 e. The molecule has 1 aromatic rings. The highest BCUT2D eigenvalue weighted by molar-refractivity contribution is 5.24. The van der Waals surface area contributed by atoms with Gasteiger partial charge in [-0.05, 0) is 38.3 Å². The molecule has 0 radical (unpaired) electrons. The molecular formula is C11H19N. The Morgan fingerprint density at radius 1 is 1.25 bits per heavy atom. The SMILES string of the molecule is CCCCCc1cc(C)[nH]c1C.